The second kappa shape index (κ2) is 7.07. The van der Waals surface area contributed by atoms with E-state index in [1.165, 1.54) is 6.42 Å². The van der Waals surface area contributed by atoms with Crippen LogP contribution in [0.5, 0.6) is 0 Å². The lowest BCUT2D eigenvalue weighted by Gasteiger charge is -2.50. The highest BCUT2D eigenvalue weighted by molar-refractivity contribution is 5.46. The highest BCUT2D eigenvalue weighted by Gasteiger charge is 2.60. The van der Waals surface area contributed by atoms with Crippen LogP contribution in [-0.4, -0.2) is 29.7 Å². The maximum absolute atomic E-state index is 11.7. The average Bonchev–Trinajstić information content (AvgIpc) is 3.35. The monoisotopic (exact) mass is 416 g/mol. The van der Waals surface area contributed by atoms with E-state index in [9.17, 15) is 5.11 Å². The van der Waals surface area contributed by atoms with Crippen molar-refractivity contribution in [1.29, 1.82) is 0 Å². The van der Waals surface area contributed by atoms with E-state index in [0.29, 0.717) is 11.8 Å². The Morgan fingerprint density at radius 1 is 1.03 bits per heavy atom. The van der Waals surface area contributed by atoms with Gasteiger partial charge in [-0.3, -0.25) is 0 Å². The number of fused-ring (bicyclic) bond motifs is 4. The molecule has 0 radical (unpaired) electrons. The molecule has 0 bridgehead atoms. The van der Waals surface area contributed by atoms with E-state index in [1.807, 2.05) is 30.3 Å². The van der Waals surface area contributed by atoms with Crippen LogP contribution in [0.4, 0.5) is 0 Å². The van der Waals surface area contributed by atoms with E-state index in [-0.39, 0.29) is 11.2 Å². The Morgan fingerprint density at radius 2 is 1.84 bits per heavy atom. The molecule has 1 aliphatic heterocycles. The van der Waals surface area contributed by atoms with Gasteiger partial charge in [0.05, 0.1) is 13.2 Å². The van der Waals surface area contributed by atoms with Crippen LogP contribution in [0.25, 0.3) is 0 Å². The van der Waals surface area contributed by atoms with Gasteiger partial charge in [0.15, 0.2) is 5.79 Å². The van der Waals surface area contributed by atoms with Crippen molar-refractivity contribution in [3.63, 3.8) is 0 Å². The molecule has 31 heavy (non-hydrogen) atoms. The predicted molar refractivity (Wildman–Crippen MR) is 120 cm³/mol. The third kappa shape index (κ3) is 2.99. The summed E-state index contributed by atoms with van der Waals surface area (Å²) in [7, 11) is 0. The first-order valence-electron chi connectivity index (χ1n) is 12.0. The van der Waals surface area contributed by atoms with Crippen molar-refractivity contribution in [2.75, 3.05) is 13.2 Å². The van der Waals surface area contributed by atoms with Crippen LogP contribution in [0.15, 0.2) is 53.1 Å². The van der Waals surface area contributed by atoms with E-state index in [1.54, 1.807) is 16.7 Å². The van der Waals surface area contributed by atoms with Gasteiger partial charge in [-0.1, -0.05) is 48.6 Å². The van der Waals surface area contributed by atoms with E-state index in [0.717, 1.165) is 63.7 Å². The fourth-order valence-electron chi connectivity index (χ4n) is 7.21. The van der Waals surface area contributed by atoms with E-state index >= 15 is 0 Å². The number of hydrogen-bond donors (Lipinski definition) is 1. The van der Waals surface area contributed by atoms with E-state index in [2.05, 4.69) is 24.8 Å². The van der Waals surface area contributed by atoms with Gasteiger partial charge in [-0.2, -0.15) is 0 Å². The summed E-state index contributed by atoms with van der Waals surface area (Å²) in [5, 5.41) is 11.7. The maximum Gasteiger partial charge on any atom is 0.172 e. The fourth-order valence-corrected chi connectivity index (χ4v) is 7.21. The van der Waals surface area contributed by atoms with E-state index < -0.39 is 5.60 Å². The molecule has 162 valence electrons. The van der Waals surface area contributed by atoms with Gasteiger partial charge >= 0.3 is 0 Å². The third-order valence-corrected chi connectivity index (χ3v) is 8.98. The molecule has 1 saturated carbocycles. The summed E-state index contributed by atoms with van der Waals surface area (Å²) in [6, 6.07) is 10.1. The van der Waals surface area contributed by atoms with E-state index in [4.69, 9.17) is 9.47 Å². The van der Waals surface area contributed by atoms with Crippen molar-refractivity contribution in [3.8, 4) is 11.8 Å². The van der Waals surface area contributed by atoms with Gasteiger partial charge in [-0.05, 0) is 73.6 Å². The minimum atomic E-state index is -0.910. The minimum absolute atomic E-state index is 0.172. The Kier molecular flexibility index (Phi) is 4.52. The predicted octanol–water partition coefficient (Wildman–Crippen LogP) is 5.15. The molecule has 1 saturated heterocycles. The van der Waals surface area contributed by atoms with Crippen LogP contribution in [0.1, 0.15) is 63.9 Å². The zero-order chi connectivity index (χ0) is 21.1. The molecule has 1 aromatic carbocycles. The summed E-state index contributed by atoms with van der Waals surface area (Å²) in [6.07, 6.45) is 10.5. The Morgan fingerprint density at radius 3 is 2.65 bits per heavy atom. The molecular formula is C28H32O3. The van der Waals surface area contributed by atoms with Crippen molar-refractivity contribution in [2.45, 2.75) is 69.7 Å². The molecule has 0 aromatic heterocycles. The van der Waals surface area contributed by atoms with Crippen LogP contribution in [-0.2, 0) is 9.47 Å². The highest BCUT2D eigenvalue weighted by Crippen LogP contribution is 2.62. The molecule has 1 aromatic rings. The Balaban J connectivity index is 1.30. The number of hydrogen-bond acceptors (Lipinski definition) is 3. The zero-order valence-corrected chi connectivity index (χ0v) is 18.5. The van der Waals surface area contributed by atoms with Gasteiger partial charge in [-0.25, -0.2) is 0 Å². The number of ether oxygens (including phenoxy) is 2. The summed E-state index contributed by atoms with van der Waals surface area (Å²) >= 11 is 0. The number of rotatable bonds is 0. The fraction of sp³-hybridized carbons (Fsp3) is 0.571. The molecule has 4 aliphatic carbocycles. The molecule has 1 spiro atoms. The van der Waals surface area contributed by atoms with Gasteiger partial charge < -0.3 is 14.6 Å². The zero-order valence-electron chi connectivity index (χ0n) is 18.5. The van der Waals surface area contributed by atoms with Crippen molar-refractivity contribution in [3.05, 3.63) is 58.7 Å². The van der Waals surface area contributed by atoms with Gasteiger partial charge in [0.2, 0.25) is 0 Å². The quantitative estimate of drug-likeness (QED) is 0.595. The second-order valence-corrected chi connectivity index (χ2v) is 10.4. The normalized spacial score (nSPS) is 38.1. The lowest BCUT2D eigenvalue weighted by Crippen LogP contribution is -2.48. The summed E-state index contributed by atoms with van der Waals surface area (Å²) in [6.45, 7) is 3.76. The number of allylic oxidation sites excluding steroid dienone is 3. The van der Waals surface area contributed by atoms with Crippen LogP contribution in [0.3, 0.4) is 0 Å². The topological polar surface area (TPSA) is 38.7 Å². The SMILES string of the molecule is C[C@]12CC=C3C4=C(CC[C@H]3[C@@H]1CC[C@@]2(O)C#Cc1ccccc1)CC1(CC4)OCCO1. The summed E-state index contributed by atoms with van der Waals surface area (Å²) in [5.41, 5.74) is 4.64. The third-order valence-electron chi connectivity index (χ3n) is 8.98. The van der Waals surface area contributed by atoms with Gasteiger partial charge in [0.1, 0.15) is 5.60 Å². The van der Waals surface area contributed by atoms with Crippen LogP contribution >= 0.6 is 0 Å². The first-order valence-corrected chi connectivity index (χ1v) is 12.0. The molecule has 0 amide bonds. The Bertz CT molecular complexity index is 1000. The van der Waals surface area contributed by atoms with Crippen molar-refractivity contribution >= 4 is 0 Å². The number of benzene rings is 1. The van der Waals surface area contributed by atoms with Crippen molar-refractivity contribution in [2.24, 2.45) is 17.3 Å². The van der Waals surface area contributed by atoms with Crippen LogP contribution in [0.2, 0.25) is 0 Å². The summed E-state index contributed by atoms with van der Waals surface area (Å²) in [5.74, 6) is 7.33. The molecule has 2 fully saturated rings. The molecule has 5 aliphatic rings. The molecular weight excluding hydrogens is 384 g/mol. The standard InChI is InChI=1S/C28H32O3/c1-26-13-10-23-22-11-16-28(30-17-18-31-28)19-21(22)7-8-24(23)25(26)12-15-27(26,29)14-9-20-5-3-2-4-6-20/h2-6,10,24-25,29H,7-8,11-13,15-19H2,1H3/t24-,25+,26+,27+/m1/s1. The van der Waals surface area contributed by atoms with Crippen LogP contribution < -0.4 is 0 Å². The first-order chi connectivity index (χ1) is 15.0. The maximum atomic E-state index is 11.7. The largest absolute Gasteiger partial charge is 0.377 e. The average molecular weight is 417 g/mol. The van der Waals surface area contributed by atoms with Gasteiger partial charge in [0, 0.05) is 23.8 Å². The lowest BCUT2D eigenvalue weighted by atomic mass is 9.56. The van der Waals surface area contributed by atoms with Crippen molar-refractivity contribution in [1.82, 2.24) is 0 Å². The Labute approximate surface area is 185 Å². The van der Waals surface area contributed by atoms with Gasteiger partial charge in [0.25, 0.3) is 0 Å². The lowest BCUT2D eigenvalue weighted by molar-refractivity contribution is -0.164. The molecule has 6 rings (SSSR count). The molecule has 0 unspecified atom stereocenters. The highest BCUT2D eigenvalue weighted by atomic mass is 16.7. The molecule has 4 atom stereocenters. The Hall–Kier alpha value is -1.86. The molecule has 3 heteroatoms. The summed E-state index contributed by atoms with van der Waals surface area (Å²) < 4.78 is 12.0. The smallest absolute Gasteiger partial charge is 0.172 e. The molecule has 3 nitrogen and oxygen atoms in total. The molecule has 1 N–H and O–H groups in total. The van der Waals surface area contributed by atoms with Crippen molar-refractivity contribution < 1.29 is 14.6 Å². The number of aliphatic hydroxyl groups is 1. The second-order valence-electron chi connectivity index (χ2n) is 10.4. The van der Waals surface area contributed by atoms with Gasteiger partial charge in [-0.15, -0.1) is 0 Å². The summed E-state index contributed by atoms with van der Waals surface area (Å²) in [4.78, 5) is 0. The first kappa shape index (κ1) is 19.8. The minimum Gasteiger partial charge on any atom is -0.377 e. The molecule has 1 heterocycles. The van der Waals surface area contributed by atoms with Crippen LogP contribution in [0, 0.1) is 29.1 Å².